The van der Waals surface area contributed by atoms with Crippen molar-refractivity contribution in [3.63, 3.8) is 0 Å². The van der Waals surface area contributed by atoms with E-state index in [9.17, 15) is 0 Å². The quantitative estimate of drug-likeness (QED) is 0.822. The first-order valence-electron chi connectivity index (χ1n) is 5.74. The lowest BCUT2D eigenvalue weighted by Crippen LogP contribution is -2.41. The number of hydrogen-bond donors (Lipinski definition) is 1. The minimum atomic E-state index is 0.0309. The van der Waals surface area contributed by atoms with Crippen molar-refractivity contribution in [2.75, 3.05) is 6.54 Å². The summed E-state index contributed by atoms with van der Waals surface area (Å²) < 4.78 is 2.16. The van der Waals surface area contributed by atoms with Crippen molar-refractivity contribution in [1.82, 2.24) is 9.78 Å². The molecule has 1 saturated carbocycles. The molecule has 1 aliphatic rings. The lowest BCUT2D eigenvalue weighted by Gasteiger charge is -2.30. The van der Waals surface area contributed by atoms with Gasteiger partial charge in [0.05, 0.1) is 11.2 Å². The van der Waals surface area contributed by atoms with Crippen LogP contribution in [0.15, 0.2) is 0 Å². The Labute approximate surface area is 91.7 Å². The Morgan fingerprint density at radius 1 is 1.40 bits per heavy atom. The summed E-state index contributed by atoms with van der Waals surface area (Å²) >= 11 is 0. The molecule has 0 aromatic carbocycles. The Balaban J connectivity index is 2.46. The van der Waals surface area contributed by atoms with Crippen LogP contribution in [0.4, 0.5) is 0 Å². The SMILES string of the molecule is Cc1nn(C(C)(CN)C2CC2)c(C)c1C. The second-order valence-electron chi connectivity index (χ2n) is 5.04. The molecule has 2 N–H and O–H groups in total. The highest BCUT2D eigenvalue weighted by molar-refractivity contribution is 5.24. The molecule has 3 nitrogen and oxygen atoms in total. The normalized spacial score (nSPS) is 20.3. The molecule has 3 heteroatoms. The molecule has 0 amide bonds. The average molecular weight is 207 g/mol. The molecular weight excluding hydrogens is 186 g/mol. The van der Waals surface area contributed by atoms with E-state index in [0.29, 0.717) is 6.54 Å². The van der Waals surface area contributed by atoms with Gasteiger partial charge in [-0.25, -0.2) is 0 Å². The largest absolute Gasteiger partial charge is 0.328 e. The summed E-state index contributed by atoms with van der Waals surface area (Å²) in [5, 5.41) is 4.65. The number of aromatic nitrogens is 2. The first kappa shape index (κ1) is 10.7. The Hall–Kier alpha value is -0.830. The van der Waals surface area contributed by atoms with Crippen molar-refractivity contribution >= 4 is 0 Å². The van der Waals surface area contributed by atoms with Crippen molar-refractivity contribution in [2.45, 2.75) is 46.1 Å². The van der Waals surface area contributed by atoms with Crippen LogP contribution in [0, 0.1) is 26.7 Å². The highest BCUT2D eigenvalue weighted by Gasteiger charge is 2.43. The van der Waals surface area contributed by atoms with Gasteiger partial charge in [-0.1, -0.05) is 0 Å². The van der Waals surface area contributed by atoms with Gasteiger partial charge in [0.1, 0.15) is 0 Å². The molecule has 15 heavy (non-hydrogen) atoms. The van der Waals surface area contributed by atoms with Crippen molar-refractivity contribution in [3.8, 4) is 0 Å². The van der Waals surface area contributed by atoms with Gasteiger partial charge < -0.3 is 5.73 Å². The van der Waals surface area contributed by atoms with Crippen LogP contribution < -0.4 is 5.73 Å². The highest BCUT2D eigenvalue weighted by atomic mass is 15.3. The van der Waals surface area contributed by atoms with Crippen LogP contribution in [0.25, 0.3) is 0 Å². The van der Waals surface area contributed by atoms with Gasteiger partial charge in [0.2, 0.25) is 0 Å². The van der Waals surface area contributed by atoms with Crippen molar-refractivity contribution < 1.29 is 0 Å². The monoisotopic (exact) mass is 207 g/mol. The van der Waals surface area contributed by atoms with Crippen LogP contribution in [0.2, 0.25) is 0 Å². The second-order valence-corrected chi connectivity index (χ2v) is 5.04. The van der Waals surface area contributed by atoms with Gasteiger partial charge in [0.25, 0.3) is 0 Å². The van der Waals surface area contributed by atoms with Crippen LogP contribution in [0.3, 0.4) is 0 Å². The maximum Gasteiger partial charge on any atom is 0.0752 e. The maximum absolute atomic E-state index is 5.95. The standard InChI is InChI=1S/C12H21N3/c1-8-9(2)14-15(10(8)3)12(4,7-13)11-5-6-11/h11H,5-7,13H2,1-4H3. The first-order valence-corrected chi connectivity index (χ1v) is 5.74. The van der Waals surface area contributed by atoms with Crippen molar-refractivity contribution in [2.24, 2.45) is 11.7 Å². The fourth-order valence-electron chi connectivity index (χ4n) is 2.35. The van der Waals surface area contributed by atoms with E-state index in [4.69, 9.17) is 5.73 Å². The summed E-state index contributed by atoms with van der Waals surface area (Å²) in [6, 6.07) is 0. The van der Waals surface area contributed by atoms with Gasteiger partial charge in [0.15, 0.2) is 0 Å². The van der Waals surface area contributed by atoms with E-state index >= 15 is 0 Å². The molecule has 0 radical (unpaired) electrons. The lowest BCUT2D eigenvalue weighted by atomic mass is 9.96. The smallest absolute Gasteiger partial charge is 0.0752 e. The Kier molecular flexibility index (Phi) is 2.38. The van der Waals surface area contributed by atoms with Gasteiger partial charge in [-0.05, 0) is 52.0 Å². The van der Waals surface area contributed by atoms with Crippen molar-refractivity contribution in [1.29, 1.82) is 0 Å². The number of rotatable bonds is 3. The molecule has 1 aliphatic carbocycles. The van der Waals surface area contributed by atoms with E-state index < -0.39 is 0 Å². The molecule has 0 bridgehead atoms. The predicted molar refractivity (Wildman–Crippen MR) is 61.9 cm³/mol. The lowest BCUT2D eigenvalue weighted by molar-refractivity contribution is 0.247. The third-order valence-electron chi connectivity index (χ3n) is 4.01. The molecule has 1 aromatic heterocycles. The molecule has 1 atom stereocenters. The zero-order valence-corrected chi connectivity index (χ0v) is 10.2. The molecule has 1 aromatic rings. The van der Waals surface area contributed by atoms with Crippen LogP contribution in [-0.4, -0.2) is 16.3 Å². The maximum atomic E-state index is 5.95. The predicted octanol–water partition coefficient (Wildman–Crippen LogP) is 1.89. The highest BCUT2D eigenvalue weighted by Crippen LogP contribution is 2.44. The summed E-state index contributed by atoms with van der Waals surface area (Å²) in [7, 11) is 0. The number of aryl methyl sites for hydroxylation is 1. The Bertz CT molecular complexity index is 376. The molecule has 1 unspecified atom stereocenters. The summed E-state index contributed by atoms with van der Waals surface area (Å²) in [5.74, 6) is 0.722. The van der Waals surface area contributed by atoms with Crippen LogP contribution in [0.1, 0.15) is 36.7 Å². The van der Waals surface area contributed by atoms with Gasteiger partial charge in [0, 0.05) is 12.2 Å². The molecule has 0 spiro atoms. The summed E-state index contributed by atoms with van der Waals surface area (Å²) in [4.78, 5) is 0. The third-order valence-corrected chi connectivity index (χ3v) is 4.01. The zero-order valence-electron chi connectivity index (χ0n) is 10.2. The van der Waals surface area contributed by atoms with Gasteiger partial charge in [-0.2, -0.15) is 5.10 Å². The minimum absolute atomic E-state index is 0.0309. The third kappa shape index (κ3) is 1.49. The van der Waals surface area contributed by atoms with E-state index in [-0.39, 0.29) is 5.54 Å². The summed E-state index contributed by atoms with van der Waals surface area (Å²) in [6.07, 6.45) is 2.59. The molecular formula is C12H21N3. The second kappa shape index (κ2) is 3.34. The number of hydrogen-bond acceptors (Lipinski definition) is 2. The molecule has 0 aliphatic heterocycles. The van der Waals surface area contributed by atoms with Crippen LogP contribution >= 0.6 is 0 Å². The fraction of sp³-hybridized carbons (Fsp3) is 0.750. The van der Waals surface area contributed by atoms with Crippen LogP contribution in [0.5, 0.6) is 0 Å². The van der Waals surface area contributed by atoms with E-state index in [1.54, 1.807) is 0 Å². The van der Waals surface area contributed by atoms with Gasteiger partial charge >= 0.3 is 0 Å². The molecule has 84 valence electrons. The average Bonchev–Trinajstić information content (AvgIpc) is 3.03. The Morgan fingerprint density at radius 3 is 2.33 bits per heavy atom. The van der Waals surface area contributed by atoms with Crippen LogP contribution in [-0.2, 0) is 5.54 Å². The minimum Gasteiger partial charge on any atom is -0.328 e. The summed E-state index contributed by atoms with van der Waals surface area (Å²) in [6.45, 7) is 9.27. The first-order chi connectivity index (χ1) is 7.00. The molecule has 2 rings (SSSR count). The molecule has 1 fully saturated rings. The van der Waals surface area contributed by atoms with E-state index in [1.807, 2.05) is 0 Å². The molecule has 1 heterocycles. The molecule has 0 saturated heterocycles. The summed E-state index contributed by atoms with van der Waals surface area (Å²) in [5.41, 5.74) is 9.68. The van der Waals surface area contributed by atoms with E-state index in [2.05, 4.69) is 37.5 Å². The van der Waals surface area contributed by atoms with Gasteiger partial charge in [-0.3, -0.25) is 4.68 Å². The topological polar surface area (TPSA) is 43.8 Å². The van der Waals surface area contributed by atoms with E-state index in [0.717, 1.165) is 11.6 Å². The fourth-order valence-corrected chi connectivity index (χ4v) is 2.35. The van der Waals surface area contributed by atoms with Gasteiger partial charge in [-0.15, -0.1) is 0 Å². The number of nitrogens with two attached hydrogens (primary N) is 1. The Morgan fingerprint density at radius 2 is 2.00 bits per heavy atom. The zero-order chi connectivity index (χ0) is 11.2. The van der Waals surface area contributed by atoms with Crippen molar-refractivity contribution in [3.05, 3.63) is 17.0 Å². The van der Waals surface area contributed by atoms with E-state index in [1.165, 1.54) is 24.1 Å². The number of nitrogens with zero attached hydrogens (tertiary/aromatic N) is 2.